The van der Waals surface area contributed by atoms with Crippen molar-refractivity contribution in [3.8, 4) is 22.5 Å². The summed E-state index contributed by atoms with van der Waals surface area (Å²) in [5.74, 6) is 0.897. The van der Waals surface area contributed by atoms with E-state index in [4.69, 9.17) is 4.42 Å². The number of fused-ring (bicyclic) bond motifs is 2. The van der Waals surface area contributed by atoms with E-state index in [9.17, 15) is 4.79 Å². The van der Waals surface area contributed by atoms with Gasteiger partial charge in [-0.25, -0.2) is 0 Å². The Morgan fingerprint density at radius 3 is 2.57 bits per heavy atom. The molecule has 2 aromatic rings. The molecule has 0 unspecified atom stereocenters. The molecule has 0 spiro atoms. The van der Waals surface area contributed by atoms with Gasteiger partial charge in [0.15, 0.2) is 5.78 Å². The summed E-state index contributed by atoms with van der Waals surface area (Å²) in [6.45, 7) is 7.53. The lowest BCUT2D eigenvalue weighted by Gasteiger charge is -2.18. The fourth-order valence-electron chi connectivity index (χ4n) is 3.90. The van der Waals surface area contributed by atoms with E-state index in [0.29, 0.717) is 13.0 Å². The number of Topliss-reactive ketones (excluding diaryl/α,β-unsaturated/α-hetero) is 1. The first kappa shape index (κ1) is 19.9. The minimum Gasteiger partial charge on any atom is -0.456 e. The summed E-state index contributed by atoms with van der Waals surface area (Å²) in [5, 5.41) is 5.22. The predicted octanol–water partition coefficient (Wildman–Crippen LogP) is 6.15. The van der Waals surface area contributed by atoms with E-state index in [2.05, 4.69) is 29.4 Å². The van der Waals surface area contributed by atoms with E-state index in [-0.39, 0.29) is 5.78 Å². The highest BCUT2D eigenvalue weighted by atomic mass is 16.3. The van der Waals surface area contributed by atoms with Gasteiger partial charge in [0.05, 0.1) is 5.36 Å². The number of carbonyl (C=O) groups excluding carboxylic acids is 1. The number of rotatable bonds is 6. The van der Waals surface area contributed by atoms with Gasteiger partial charge in [-0.1, -0.05) is 31.2 Å². The van der Waals surface area contributed by atoms with Crippen LogP contribution in [-0.2, 0) is 0 Å². The summed E-state index contributed by atoms with van der Waals surface area (Å²) < 4.78 is 6.32. The van der Waals surface area contributed by atoms with E-state index < -0.39 is 0 Å². The molecule has 1 aliphatic carbocycles. The lowest BCUT2D eigenvalue weighted by Crippen LogP contribution is -2.05. The fraction of sp³-hybridized carbons (Fsp3) is 0.231. The van der Waals surface area contributed by atoms with Gasteiger partial charge in [-0.15, -0.1) is 0 Å². The van der Waals surface area contributed by atoms with Gasteiger partial charge < -0.3 is 9.73 Å². The second kappa shape index (κ2) is 8.54. The largest absolute Gasteiger partial charge is 0.456 e. The third kappa shape index (κ3) is 3.61. The average Bonchev–Trinajstić information content (AvgIpc) is 2.77. The second-order valence-corrected chi connectivity index (χ2v) is 7.20. The van der Waals surface area contributed by atoms with Crippen LogP contribution in [0, 0.1) is 0 Å². The molecular weight excluding hydrogens is 372 g/mol. The maximum atomic E-state index is 12.7. The highest BCUT2D eigenvalue weighted by Crippen LogP contribution is 2.41. The van der Waals surface area contributed by atoms with Crippen molar-refractivity contribution < 1.29 is 9.21 Å². The van der Waals surface area contributed by atoms with Crippen molar-refractivity contribution in [3.05, 3.63) is 71.6 Å². The molecule has 0 fully saturated rings. The van der Waals surface area contributed by atoms with E-state index in [1.165, 1.54) is 0 Å². The molecule has 1 aliphatic heterocycles. The maximum Gasteiger partial charge on any atom is 0.163 e. The molecular formula is C26H26N2O2. The van der Waals surface area contributed by atoms with Gasteiger partial charge in [-0.05, 0) is 43.7 Å². The van der Waals surface area contributed by atoms with Gasteiger partial charge in [0.1, 0.15) is 11.3 Å². The smallest absolute Gasteiger partial charge is 0.163 e. The van der Waals surface area contributed by atoms with Gasteiger partial charge in [0, 0.05) is 59.4 Å². The van der Waals surface area contributed by atoms with Gasteiger partial charge in [-0.3, -0.25) is 9.79 Å². The van der Waals surface area contributed by atoms with Crippen LogP contribution in [0.5, 0.6) is 0 Å². The Kier molecular flexibility index (Phi) is 5.66. The predicted molar refractivity (Wildman–Crippen MR) is 123 cm³/mol. The number of ketones is 1. The molecule has 4 heteroatoms. The summed E-state index contributed by atoms with van der Waals surface area (Å²) in [6, 6.07) is 20.0. The molecule has 0 bridgehead atoms. The maximum absolute atomic E-state index is 12.7. The van der Waals surface area contributed by atoms with Crippen molar-refractivity contribution in [2.45, 2.75) is 27.2 Å². The number of nitrogens with one attached hydrogen (secondary N) is 1. The molecule has 4 rings (SSSR count). The number of anilines is 1. The highest BCUT2D eigenvalue weighted by Gasteiger charge is 2.20. The molecule has 1 N–H and O–H groups in total. The summed E-state index contributed by atoms with van der Waals surface area (Å²) in [6.07, 6.45) is 0.466. The molecule has 2 aromatic carbocycles. The van der Waals surface area contributed by atoms with Crippen LogP contribution < -0.4 is 10.7 Å². The minimum absolute atomic E-state index is 0.134. The molecule has 2 aliphatic rings. The van der Waals surface area contributed by atoms with Crippen molar-refractivity contribution in [1.82, 2.24) is 0 Å². The third-order valence-electron chi connectivity index (χ3n) is 5.24. The SMILES string of the molecule is CCN=c1ccc2c(-c3ccccc3C(=O)CC)c3ccc(NCC)cc3oc-2c1. The van der Waals surface area contributed by atoms with Crippen molar-refractivity contribution in [2.24, 2.45) is 4.99 Å². The first-order valence-electron chi connectivity index (χ1n) is 10.5. The normalized spacial score (nSPS) is 11.9. The van der Waals surface area contributed by atoms with E-state index in [1.54, 1.807) is 0 Å². The van der Waals surface area contributed by atoms with Gasteiger partial charge in [0.2, 0.25) is 0 Å². The van der Waals surface area contributed by atoms with Crippen molar-refractivity contribution >= 4 is 22.4 Å². The van der Waals surface area contributed by atoms with Gasteiger partial charge in [0.25, 0.3) is 0 Å². The molecule has 0 saturated heterocycles. The first-order valence-corrected chi connectivity index (χ1v) is 10.5. The zero-order valence-corrected chi connectivity index (χ0v) is 17.7. The number of hydrogen-bond donors (Lipinski definition) is 1. The Balaban J connectivity index is 2.11. The Hall–Kier alpha value is -3.40. The summed E-state index contributed by atoms with van der Waals surface area (Å²) in [7, 11) is 0. The van der Waals surface area contributed by atoms with Crippen LogP contribution in [0.2, 0.25) is 0 Å². The average molecular weight is 399 g/mol. The summed E-state index contributed by atoms with van der Waals surface area (Å²) in [4.78, 5) is 17.2. The number of hydrogen-bond acceptors (Lipinski definition) is 4. The Morgan fingerprint density at radius 2 is 1.80 bits per heavy atom. The number of nitrogens with zero attached hydrogens (tertiary/aromatic N) is 1. The molecule has 0 amide bonds. The Labute approximate surface area is 176 Å². The molecule has 0 radical (unpaired) electrons. The number of benzene rings is 3. The van der Waals surface area contributed by atoms with Crippen LogP contribution in [0.25, 0.3) is 33.4 Å². The molecule has 0 atom stereocenters. The quantitative estimate of drug-likeness (QED) is 0.313. The Bertz CT molecular complexity index is 1250. The molecule has 1 heterocycles. The van der Waals surface area contributed by atoms with Crippen LogP contribution in [0.1, 0.15) is 37.6 Å². The lowest BCUT2D eigenvalue weighted by molar-refractivity contribution is 0.0989. The highest BCUT2D eigenvalue weighted by molar-refractivity contribution is 6.09. The van der Waals surface area contributed by atoms with Gasteiger partial charge in [-0.2, -0.15) is 0 Å². The van der Waals surface area contributed by atoms with Crippen LogP contribution in [0.4, 0.5) is 5.69 Å². The van der Waals surface area contributed by atoms with Crippen LogP contribution in [0.15, 0.2) is 70.1 Å². The van der Waals surface area contributed by atoms with Crippen molar-refractivity contribution in [3.63, 3.8) is 0 Å². The number of carbonyl (C=O) groups is 1. The summed E-state index contributed by atoms with van der Waals surface area (Å²) in [5.41, 5.74) is 5.47. The zero-order valence-electron chi connectivity index (χ0n) is 17.7. The molecule has 0 aromatic heterocycles. The minimum atomic E-state index is 0.134. The summed E-state index contributed by atoms with van der Waals surface area (Å²) >= 11 is 0. The van der Waals surface area contributed by atoms with E-state index in [1.807, 2.05) is 62.4 Å². The Morgan fingerprint density at radius 1 is 0.967 bits per heavy atom. The third-order valence-corrected chi connectivity index (χ3v) is 5.24. The fourth-order valence-corrected chi connectivity index (χ4v) is 3.90. The topological polar surface area (TPSA) is 54.6 Å². The molecule has 4 nitrogen and oxygen atoms in total. The molecule has 0 saturated carbocycles. The zero-order chi connectivity index (χ0) is 21.1. The van der Waals surface area contributed by atoms with Crippen LogP contribution in [-0.4, -0.2) is 18.9 Å². The first-order chi connectivity index (χ1) is 14.7. The van der Waals surface area contributed by atoms with E-state index in [0.717, 1.165) is 56.6 Å². The van der Waals surface area contributed by atoms with Crippen molar-refractivity contribution in [2.75, 3.05) is 18.4 Å². The van der Waals surface area contributed by atoms with Crippen LogP contribution >= 0.6 is 0 Å². The van der Waals surface area contributed by atoms with Crippen LogP contribution in [0.3, 0.4) is 0 Å². The second-order valence-electron chi connectivity index (χ2n) is 7.20. The molecule has 30 heavy (non-hydrogen) atoms. The molecule has 152 valence electrons. The lowest BCUT2D eigenvalue weighted by atomic mass is 9.89. The standard InChI is InChI=1S/C26H26N2O2/c1-4-23(29)19-9-7-8-10-20(19)26-21-13-11-17(27-5-2)15-24(21)30-25-16-18(28-6-3)12-14-22(25)26/h7-16,27H,4-6H2,1-3H3. The van der Waals surface area contributed by atoms with Gasteiger partial charge >= 0.3 is 0 Å². The van der Waals surface area contributed by atoms with Crippen molar-refractivity contribution in [1.29, 1.82) is 0 Å². The van der Waals surface area contributed by atoms with E-state index >= 15 is 0 Å². The monoisotopic (exact) mass is 398 g/mol.